The Morgan fingerprint density at radius 1 is 1.22 bits per heavy atom. The average molecular weight is 407 g/mol. The second kappa shape index (κ2) is 8.41. The summed E-state index contributed by atoms with van der Waals surface area (Å²) in [5.41, 5.74) is 1.78. The smallest absolute Gasteiger partial charge is 0.307 e. The number of nitrogens with one attached hydrogen (secondary N) is 1. The second-order valence-corrected chi connectivity index (χ2v) is 6.66. The summed E-state index contributed by atoms with van der Waals surface area (Å²) in [6.07, 6.45) is -0.648. The van der Waals surface area contributed by atoms with Crippen molar-refractivity contribution in [1.82, 2.24) is 4.98 Å². The maximum absolute atomic E-state index is 12.2. The van der Waals surface area contributed by atoms with Crippen LogP contribution in [0.4, 0.5) is 5.69 Å². The van der Waals surface area contributed by atoms with Crippen LogP contribution in [0.2, 0.25) is 10.0 Å². The van der Waals surface area contributed by atoms with E-state index in [0.29, 0.717) is 27.2 Å². The minimum absolute atomic E-state index is 0.0478. The van der Waals surface area contributed by atoms with Crippen molar-refractivity contribution in [3.63, 3.8) is 0 Å². The summed E-state index contributed by atoms with van der Waals surface area (Å²) in [6, 6.07) is 12.0. The number of amides is 1. The Bertz CT molecular complexity index is 954. The number of para-hydroxylation sites is 2. The number of esters is 1. The highest BCUT2D eigenvalue weighted by Gasteiger charge is 2.19. The summed E-state index contributed by atoms with van der Waals surface area (Å²) in [5, 5.41) is 3.35. The molecule has 0 unspecified atom stereocenters. The maximum atomic E-state index is 12.2. The predicted octanol–water partition coefficient (Wildman–Crippen LogP) is 4.64. The van der Waals surface area contributed by atoms with Gasteiger partial charge < -0.3 is 14.5 Å². The number of ether oxygens (including phenoxy) is 1. The molecule has 0 saturated carbocycles. The number of carbonyl (C=O) groups excluding carboxylic acids is 2. The van der Waals surface area contributed by atoms with Crippen LogP contribution in [0, 0.1) is 0 Å². The van der Waals surface area contributed by atoms with Crippen LogP contribution < -0.4 is 5.32 Å². The molecule has 0 saturated heterocycles. The van der Waals surface area contributed by atoms with E-state index in [1.165, 1.54) is 13.0 Å². The van der Waals surface area contributed by atoms with Crippen molar-refractivity contribution in [3.8, 4) is 0 Å². The van der Waals surface area contributed by atoms with Crippen molar-refractivity contribution in [1.29, 1.82) is 0 Å². The number of halogens is 2. The molecule has 2 aromatic carbocycles. The number of nitrogens with zero attached hydrogens (tertiary/aromatic N) is 1. The highest BCUT2D eigenvalue weighted by molar-refractivity contribution is 6.36. The van der Waals surface area contributed by atoms with Crippen molar-refractivity contribution < 1.29 is 18.7 Å². The summed E-state index contributed by atoms with van der Waals surface area (Å²) >= 11 is 11.8. The first-order chi connectivity index (χ1) is 12.9. The van der Waals surface area contributed by atoms with E-state index < -0.39 is 18.0 Å². The van der Waals surface area contributed by atoms with Gasteiger partial charge >= 0.3 is 5.97 Å². The van der Waals surface area contributed by atoms with Gasteiger partial charge in [0, 0.05) is 11.4 Å². The van der Waals surface area contributed by atoms with E-state index in [1.54, 1.807) is 18.2 Å². The average Bonchev–Trinajstić information content (AvgIpc) is 3.05. The molecule has 1 N–H and O–H groups in total. The van der Waals surface area contributed by atoms with E-state index in [9.17, 15) is 9.59 Å². The van der Waals surface area contributed by atoms with Gasteiger partial charge in [0.25, 0.3) is 5.91 Å². The van der Waals surface area contributed by atoms with Gasteiger partial charge in [0.1, 0.15) is 5.52 Å². The van der Waals surface area contributed by atoms with E-state index in [1.807, 2.05) is 18.2 Å². The van der Waals surface area contributed by atoms with Crippen LogP contribution in [0.1, 0.15) is 19.2 Å². The molecular formula is C19H16Cl2N2O4. The molecule has 1 aromatic heterocycles. The fourth-order valence-corrected chi connectivity index (χ4v) is 2.83. The number of anilines is 1. The van der Waals surface area contributed by atoms with Crippen LogP contribution >= 0.6 is 23.2 Å². The third-order valence-corrected chi connectivity index (χ3v) is 4.30. The third-order valence-electron chi connectivity index (χ3n) is 3.75. The van der Waals surface area contributed by atoms with Gasteiger partial charge in [-0.25, -0.2) is 4.98 Å². The Morgan fingerprint density at radius 3 is 2.74 bits per heavy atom. The molecule has 0 spiro atoms. The zero-order valence-electron chi connectivity index (χ0n) is 14.4. The number of carbonyl (C=O) groups is 2. The molecule has 0 aliphatic carbocycles. The second-order valence-electron chi connectivity index (χ2n) is 5.82. The lowest BCUT2D eigenvalue weighted by Crippen LogP contribution is -2.30. The quantitative estimate of drug-likeness (QED) is 0.603. The highest BCUT2D eigenvalue weighted by atomic mass is 35.5. The number of benzene rings is 2. The molecular weight excluding hydrogens is 391 g/mol. The Morgan fingerprint density at radius 2 is 2.00 bits per heavy atom. The van der Waals surface area contributed by atoms with Crippen molar-refractivity contribution in [3.05, 3.63) is 58.4 Å². The molecule has 1 amide bonds. The van der Waals surface area contributed by atoms with Crippen LogP contribution in [-0.2, 0) is 20.7 Å². The molecule has 6 nitrogen and oxygen atoms in total. The molecule has 0 bridgehead atoms. The monoisotopic (exact) mass is 406 g/mol. The molecule has 3 aromatic rings. The molecule has 0 fully saturated rings. The van der Waals surface area contributed by atoms with E-state index in [0.717, 1.165) is 5.52 Å². The van der Waals surface area contributed by atoms with Gasteiger partial charge in [-0.15, -0.1) is 0 Å². The summed E-state index contributed by atoms with van der Waals surface area (Å²) < 4.78 is 10.7. The van der Waals surface area contributed by atoms with Gasteiger partial charge in [-0.2, -0.15) is 0 Å². The standard InChI is InChI=1S/C19H16Cl2N2O4/c1-11(19(25)23-14-7-6-12(20)10-13(14)21)26-18(24)9-8-17-22-15-4-2-3-5-16(15)27-17/h2-7,10-11H,8-9H2,1H3,(H,23,25)/t11-/m0/s1. The highest BCUT2D eigenvalue weighted by Crippen LogP contribution is 2.25. The van der Waals surface area contributed by atoms with Crippen molar-refractivity contribution >= 4 is 51.9 Å². The molecule has 1 atom stereocenters. The lowest BCUT2D eigenvalue weighted by Gasteiger charge is -2.14. The molecule has 1 heterocycles. The Hall–Kier alpha value is -2.57. The zero-order chi connectivity index (χ0) is 19.4. The molecule has 0 aliphatic rings. The number of rotatable bonds is 6. The van der Waals surface area contributed by atoms with E-state index >= 15 is 0 Å². The van der Waals surface area contributed by atoms with E-state index in [2.05, 4.69) is 10.3 Å². The van der Waals surface area contributed by atoms with Gasteiger partial charge in [0.2, 0.25) is 0 Å². The number of aryl methyl sites for hydroxylation is 1. The Kier molecular flexibility index (Phi) is 5.98. The first-order valence-corrected chi connectivity index (χ1v) is 8.98. The first-order valence-electron chi connectivity index (χ1n) is 8.22. The zero-order valence-corrected chi connectivity index (χ0v) is 15.9. The van der Waals surface area contributed by atoms with Crippen molar-refractivity contribution in [2.75, 3.05) is 5.32 Å². The van der Waals surface area contributed by atoms with Gasteiger partial charge in [-0.3, -0.25) is 9.59 Å². The van der Waals surface area contributed by atoms with Gasteiger partial charge in [-0.1, -0.05) is 35.3 Å². The fraction of sp³-hybridized carbons (Fsp3) is 0.211. The first kappa shape index (κ1) is 19.2. The van der Waals surface area contributed by atoms with E-state index in [-0.39, 0.29) is 12.8 Å². The Labute approximate surface area is 165 Å². The van der Waals surface area contributed by atoms with Crippen LogP contribution in [-0.4, -0.2) is 23.0 Å². The van der Waals surface area contributed by atoms with E-state index in [4.69, 9.17) is 32.4 Å². The van der Waals surface area contributed by atoms with Crippen molar-refractivity contribution in [2.24, 2.45) is 0 Å². The summed E-state index contributed by atoms with van der Waals surface area (Å²) in [4.78, 5) is 28.5. The number of oxazole rings is 1. The fourth-order valence-electron chi connectivity index (χ4n) is 2.37. The summed E-state index contributed by atoms with van der Waals surface area (Å²) in [7, 11) is 0. The number of hydrogen-bond donors (Lipinski definition) is 1. The lowest BCUT2D eigenvalue weighted by atomic mass is 10.3. The SMILES string of the molecule is C[C@H](OC(=O)CCc1nc2ccccc2o1)C(=O)Nc1ccc(Cl)cc1Cl. The minimum Gasteiger partial charge on any atom is -0.453 e. The summed E-state index contributed by atoms with van der Waals surface area (Å²) in [5.74, 6) is -0.574. The predicted molar refractivity (Wildman–Crippen MR) is 103 cm³/mol. The topological polar surface area (TPSA) is 81.4 Å². The number of aromatic nitrogens is 1. The van der Waals surface area contributed by atoms with Crippen LogP contribution in [0.3, 0.4) is 0 Å². The molecule has 140 valence electrons. The molecule has 0 radical (unpaired) electrons. The molecule has 27 heavy (non-hydrogen) atoms. The molecule has 3 rings (SSSR count). The van der Waals surface area contributed by atoms with Gasteiger partial charge in [0.05, 0.1) is 17.1 Å². The molecule has 0 aliphatic heterocycles. The lowest BCUT2D eigenvalue weighted by molar-refractivity contribution is -0.153. The van der Waals surface area contributed by atoms with Crippen molar-refractivity contribution in [2.45, 2.75) is 25.9 Å². The number of hydrogen-bond acceptors (Lipinski definition) is 5. The van der Waals surface area contributed by atoms with Gasteiger partial charge in [0.15, 0.2) is 17.6 Å². The normalized spacial score (nSPS) is 12.0. The van der Waals surface area contributed by atoms with Crippen LogP contribution in [0.25, 0.3) is 11.1 Å². The van der Waals surface area contributed by atoms with Crippen LogP contribution in [0.15, 0.2) is 46.9 Å². The molecule has 8 heteroatoms. The van der Waals surface area contributed by atoms with Gasteiger partial charge in [-0.05, 0) is 37.3 Å². The Balaban J connectivity index is 1.51. The number of fused-ring (bicyclic) bond motifs is 1. The summed E-state index contributed by atoms with van der Waals surface area (Å²) in [6.45, 7) is 1.48. The van der Waals surface area contributed by atoms with Crippen LogP contribution in [0.5, 0.6) is 0 Å². The minimum atomic E-state index is -0.979. The third kappa shape index (κ3) is 4.99. The maximum Gasteiger partial charge on any atom is 0.307 e. The largest absolute Gasteiger partial charge is 0.453 e.